The molecule has 0 aliphatic carbocycles. The number of rotatable bonds is 5. The Kier molecular flexibility index (Phi) is 5.53. The third-order valence-electron chi connectivity index (χ3n) is 1.62. The molecule has 2 heteroatoms. The second-order valence-corrected chi connectivity index (χ2v) is 2.48. The van der Waals surface area contributed by atoms with E-state index in [1.54, 1.807) is 13.1 Å². The summed E-state index contributed by atoms with van der Waals surface area (Å²) in [5.74, 6) is 0.156. The minimum atomic E-state index is 0.0648. The molecule has 2 nitrogen and oxygen atoms in total. The highest BCUT2D eigenvalue weighted by atomic mass is 16.1. The van der Waals surface area contributed by atoms with Crippen LogP contribution < -0.4 is 5.32 Å². The van der Waals surface area contributed by atoms with Crippen molar-refractivity contribution in [2.24, 2.45) is 5.92 Å². The fourth-order valence-corrected chi connectivity index (χ4v) is 1.01. The maximum absolute atomic E-state index is 11.1. The monoisotopic (exact) mass is 154 g/mol. The van der Waals surface area contributed by atoms with Crippen LogP contribution in [0.15, 0.2) is 12.7 Å². The van der Waals surface area contributed by atoms with Gasteiger partial charge in [0.1, 0.15) is 0 Å². The van der Waals surface area contributed by atoms with Gasteiger partial charge >= 0.3 is 0 Å². The molecular weight excluding hydrogens is 138 g/mol. The average Bonchev–Trinajstić information content (AvgIpc) is 2.03. The fraction of sp³-hybridized carbons (Fsp3) is 0.556. The van der Waals surface area contributed by atoms with Crippen molar-refractivity contribution >= 4 is 5.91 Å². The van der Waals surface area contributed by atoms with Crippen LogP contribution in [0.5, 0.6) is 0 Å². The van der Waals surface area contributed by atoms with Gasteiger partial charge in [0.25, 0.3) is 0 Å². The van der Waals surface area contributed by atoms with Gasteiger partial charge in [-0.15, -0.1) is 6.58 Å². The van der Waals surface area contributed by atoms with Crippen molar-refractivity contribution in [3.8, 4) is 0 Å². The van der Waals surface area contributed by atoms with Gasteiger partial charge in [-0.05, 0) is 12.8 Å². The van der Waals surface area contributed by atoms with Crippen molar-refractivity contribution < 1.29 is 4.79 Å². The normalized spacial score (nSPS) is 12.2. The molecule has 0 saturated heterocycles. The molecule has 0 aliphatic rings. The molecule has 1 amide bonds. The first-order valence-electron chi connectivity index (χ1n) is 3.88. The molecule has 63 valence electrons. The van der Waals surface area contributed by atoms with Crippen molar-refractivity contribution in [3.05, 3.63) is 19.6 Å². The lowest BCUT2D eigenvalue weighted by molar-refractivity contribution is -0.124. The molecule has 1 N–H and O–H groups in total. The number of carbonyl (C=O) groups excluding carboxylic acids is 1. The van der Waals surface area contributed by atoms with Gasteiger partial charge in [-0.25, -0.2) is 0 Å². The summed E-state index contributed by atoms with van der Waals surface area (Å²) in [4.78, 5) is 11.1. The van der Waals surface area contributed by atoms with E-state index in [1.807, 2.05) is 0 Å². The highest BCUT2D eigenvalue weighted by Gasteiger charge is 2.13. The van der Waals surface area contributed by atoms with Crippen LogP contribution in [0.1, 0.15) is 19.3 Å². The quantitative estimate of drug-likeness (QED) is 0.598. The number of hydrogen-bond acceptors (Lipinski definition) is 1. The molecule has 0 aromatic carbocycles. The second kappa shape index (κ2) is 5.96. The SMILES string of the molecule is [CH2]CC[C@H](CC=C)C(=O)NC. The van der Waals surface area contributed by atoms with Crippen molar-refractivity contribution in [1.82, 2.24) is 5.32 Å². The summed E-state index contributed by atoms with van der Waals surface area (Å²) >= 11 is 0. The smallest absolute Gasteiger partial charge is 0.223 e. The van der Waals surface area contributed by atoms with Crippen LogP contribution >= 0.6 is 0 Å². The van der Waals surface area contributed by atoms with Crippen LogP contribution in [0.4, 0.5) is 0 Å². The summed E-state index contributed by atoms with van der Waals surface area (Å²) in [6, 6.07) is 0. The van der Waals surface area contributed by atoms with Crippen LogP contribution in [0.25, 0.3) is 0 Å². The molecule has 0 unspecified atom stereocenters. The average molecular weight is 154 g/mol. The van der Waals surface area contributed by atoms with Crippen LogP contribution in [0, 0.1) is 12.8 Å². The van der Waals surface area contributed by atoms with Crippen molar-refractivity contribution in [1.29, 1.82) is 0 Å². The van der Waals surface area contributed by atoms with Gasteiger partial charge in [-0.3, -0.25) is 4.79 Å². The zero-order valence-electron chi connectivity index (χ0n) is 7.10. The molecular formula is C9H16NO. The Morgan fingerprint density at radius 3 is 2.73 bits per heavy atom. The second-order valence-electron chi connectivity index (χ2n) is 2.48. The lowest BCUT2D eigenvalue weighted by atomic mass is 9.99. The fourth-order valence-electron chi connectivity index (χ4n) is 1.01. The molecule has 0 bridgehead atoms. The summed E-state index contributed by atoms with van der Waals surface area (Å²) in [6.45, 7) is 7.31. The first-order valence-corrected chi connectivity index (χ1v) is 3.88. The summed E-state index contributed by atoms with van der Waals surface area (Å²) in [6.07, 6.45) is 4.16. The Balaban J connectivity index is 3.86. The summed E-state index contributed by atoms with van der Waals surface area (Å²) < 4.78 is 0. The zero-order chi connectivity index (χ0) is 8.69. The van der Waals surface area contributed by atoms with Gasteiger partial charge in [0.15, 0.2) is 0 Å². The minimum absolute atomic E-state index is 0.0648. The molecule has 1 atom stereocenters. The minimum Gasteiger partial charge on any atom is -0.359 e. The van der Waals surface area contributed by atoms with Gasteiger partial charge in [-0.1, -0.05) is 19.4 Å². The molecule has 0 aliphatic heterocycles. The molecule has 0 spiro atoms. The molecule has 0 aromatic rings. The van der Waals surface area contributed by atoms with Gasteiger partial charge in [0, 0.05) is 13.0 Å². The van der Waals surface area contributed by atoms with E-state index in [0.717, 1.165) is 19.3 Å². The Labute approximate surface area is 68.7 Å². The molecule has 0 aromatic heterocycles. The zero-order valence-corrected chi connectivity index (χ0v) is 7.10. The molecule has 0 fully saturated rings. The summed E-state index contributed by atoms with van der Waals surface area (Å²) in [5.41, 5.74) is 0. The number of amides is 1. The van der Waals surface area contributed by atoms with E-state index in [4.69, 9.17) is 0 Å². The maximum atomic E-state index is 11.1. The highest BCUT2D eigenvalue weighted by molar-refractivity contribution is 5.78. The molecule has 1 radical (unpaired) electrons. The number of allylic oxidation sites excluding steroid dienone is 1. The van der Waals surface area contributed by atoms with E-state index < -0.39 is 0 Å². The van der Waals surface area contributed by atoms with Gasteiger partial charge < -0.3 is 5.32 Å². The van der Waals surface area contributed by atoms with E-state index in [1.165, 1.54) is 0 Å². The lowest BCUT2D eigenvalue weighted by Crippen LogP contribution is -2.26. The summed E-state index contributed by atoms with van der Waals surface area (Å²) in [5, 5.41) is 2.62. The number of nitrogens with one attached hydrogen (secondary N) is 1. The van der Waals surface area contributed by atoms with Gasteiger partial charge in [-0.2, -0.15) is 0 Å². The van der Waals surface area contributed by atoms with E-state index >= 15 is 0 Å². The molecule has 0 saturated carbocycles. The molecule has 11 heavy (non-hydrogen) atoms. The van der Waals surface area contributed by atoms with Crippen molar-refractivity contribution in [2.45, 2.75) is 19.3 Å². The first kappa shape index (κ1) is 10.2. The third kappa shape index (κ3) is 3.81. The largest absolute Gasteiger partial charge is 0.359 e. The lowest BCUT2D eigenvalue weighted by Gasteiger charge is -2.11. The predicted molar refractivity (Wildman–Crippen MR) is 47.0 cm³/mol. The first-order chi connectivity index (χ1) is 5.26. The van der Waals surface area contributed by atoms with E-state index in [-0.39, 0.29) is 11.8 Å². The van der Waals surface area contributed by atoms with Crippen LogP contribution in [0.2, 0.25) is 0 Å². The van der Waals surface area contributed by atoms with E-state index in [0.29, 0.717) is 0 Å². The van der Waals surface area contributed by atoms with E-state index in [9.17, 15) is 4.79 Å². The van der Waals surface area contributed by atoms with Crippen LogP contribution in [-0.2, 0) is 4.79 Å². The summed E-state index contributed by atoms with van der Waals surface area (Å²) in [7, 11) is 1.65. The third-order valence-corrected chi connectivity index (χ3v) is 1.62. The number of carbonyl (C=O) groups is 1. The predicted octanol–water partition coefficient (Wildman–Crippen LogP) is 1.54. The molecule has 0 rings (SSSR count). The Morgan fingerprint density at radius 1 is 1.73 bits per heavy atom. The Hall–Kier alpha value is -0.790. The highest BCUT2D eigenvalue weighted by Crippen LogP contribution is 2.10. The Bertz CT molecular complexity index is 132. The number of hydrogen-bond donors (Lipinski definition) is 1. The maximum Gasteiger partial charge on any atom is 0.223 e. The standard InChI is InChI=1S/C9H16NO/c1-4-6-8(7-5-2)9(11)10-3/h4,8H,1-2,5-7H2,3H3,(H,10,11)/t8-/m0/s1. The van der Waals surface area contributed by atoms with E-state index in [2.05, 4.69) is 18.8 Å². The van der Waals surface area contributed by atoms with Crippen molar-refractivity contribution in [2.75, 3.05) is 7.05 Å². The van der Waals surface area contributed by atoms with Crippen LogP contribution in [-0.4, -0.2) is 13.0 Å². The van der Waals surface area contributed by atoms with Gasteiger partial charge in [0.2, 0.25) is 5.91 Å². The topological polar surface area (TPSA) is 29.1 Å². The Morgan fingerprint density at radius 2 is 2.36 bits per heavy atom. The van der Waals surface area contributed by atoms with Crippen LogP contribution in [0.3, 0.4) is 0 Å². The van der Waals surface area contributed by atoms with Crippen molar-refractivity contribution in [3.63, 3.8) is 0 Å². The van der Waals surface area contributed by atoms with Gasteiger partial charge in [0.05, 0.1) is 0 Å². The molecule has 0 heterocycles.